The highest BCUT2D eigenvalue weighted by atomic mass is 79.9. The number of carbonyl (C=O) groups is 1. The van der Waals surface area contributed by atoms with Crippen LogP contribution in [0.4, 0.5) is 0 Å². The van der Waals surface area contributed by atoms with Gasteiger partial charge in [-0.3, -0.25) is 4.79 Å². The minimum atomic E-state index is -0.0943. The predicted octanol–water partition coefficient (Wildman–Crippen LogP) is 4.37. The first-order valence-electron chi connectivity index (χ1n) is 6.87. The Morgan fingerprint density at radius 1 is 0.957 bits per heavy atom. The molecule has 2 aromatic rings. The van der Waals surface area contributed by atoms with Gasteiger partial charge in [0.15, 0.2) is 17.3 Å². The fourth-order valence-corrected chi connectivity index (χ4v) is 2.49. The van der Waals surface area contributed by atoms with Crippen molar-refractivity contribution in [3.8, 4) is 17.2 Å². The van der Waals surface area contributed by atoms with Crippen LogP contribution in [0.3, 0.4) is 0 Å². The Bertz CT molecular complexity index is 738. The van der Waals surface area contributed by atoms with Crippen LogP contribution in [0.1, 0.15) is 15.9 Å². The smallest absolute Gasteiger partial charge is 0.185 e. The average Bonchev–Trinajstić information content (AvgIpc) is 2.58. The summed E-state index contributed by atoms with van der Waals surface area (Å²) in [6.07, 6.45) is 3.20. The monoisotopic (exact) mass is 376 g/mol. The van der Waals surface area contributed by atoms with E-state index >= 15 is 0 Å². The van der Waals surface area contributed by atoms with Gasteiger partial charge in [0, 0.05) is 21.7 Å². The molecule has 120 valence electrons. The summed E-state index contributed by atoms with van der Waals surface area (Å²) in [7, 11) is 4.68. The summed E-state index contributed by atoms with van der Waals surface area (Å²) in [4.78, 5) is 12.2. The second-order valence-corrected chi connectivity index (χ2v) is 5.57. The number of halogens is 1. The quantitative estimate of drug-likeness (QED) is 0.554. The van der Waals surface area contributed by atoms with Crippen molar-refractivity contribution < 1.29 is 19.0 Å². The van der Waals surface area contributed by atoms with Crippen LogP contribution in [0, 0.1) is 0 Å². The third-order valence-electron chi connectivity index (χ3n) is 3.26. The molecule has 0 aromatic heterocycles. The van der Waals surface area contributed by atoms with Crippen LogP contribution in [0.2, 0.25) is 0 Å². The van der Waals surface area contributed by atoms with E-state index < -0.39 is 0 Å². The molecule has 23 heavy (non-hydrogen) atoms. The van der Waals surface area contributed by atoms with Crippen molar-refractivity contribution >= 4 is 27.8 Å². The Morgan fingerprint density at radius 3 is 2.22 bits per heavy atom. The largest absolute Gasteiger partial charge is 0.496 e. The number of hydrogen-bond acceptors (Lipinski definition) is 4. The lowest BCUT2D eigenvalue weighted by atomic mass is 10.1. The summed E-state index contributed by atoms with van der Waals surface area (Å²) in [6.45, 7) is 0. The Balaban J connectivity index is 2.33. The van der Waals surface area contributed by atoms with E-state index in [1.807, 2.05) is 12.1 Å². The van der Waals surface area contributed by atoms with Crippen LogP contribution in [-0.2, 0) is 0 Å². The van der Waals surface area contributed by atoms with E-state index in [4.69, 9.17) is 14.2 Å². The highest BCUT2D eigenvalue weighted by Crippen LogP contribution is 2.35. The summed E-state index contributed by atoms with van der Waals surface area (Å²) < 4.78 is 16.7. The van der Waals surface area contributed by atoms with Gasteiger partial charge in [-0.05, 0) is 30.4 Å². The zero-order valence-corrected chi connectivity index (χ0v) is 14.7. The van der Waals surface area contributed by atoms with Gasteiger partial charge in [-0.15, -0.1) is 0 Å². The number of carbonyl (C=O) groups excluding carboxylic acids is 1. The third-order valence-corrected chi connectivity index (χ3v) is 3.75. The molecule has 0 amide bonds. The molecule has 0 aliphatic rings. The zero-order chi connectivity index (χ0) is 16.8. The Morgan fingerprint density at radius 2 is 1.61 bits per heavy atom. The molecule has 0 spiro atoms. The minimum Gasteiger partial charge on any atom is -0.496 e. The number of allylic oxidation sites excluding steroid dienone is 1. The lowest BCUT2D eigenvalue weighted by Crippen LogP contribution is -1.96. The van der Waals surface area contributed by atoms with Crippen molar-refractivity contribution in [3.63, 3.8) is 0 Å². The van der Waals surface area contributed by atoms with E-state index in [0.29, 0.717) is 22.8 Å². The van der Waals surface area contributed by atoms with Crippen molar-refractivity contribution in [2.24, 2.45) is 0 Å². The van der Waals surface area contributed by atoms with Crippen LogP contribution in [0.15, 0.2) is 46.9 Å². The first kappa shape index (κ1) is 17.1. The van der Waals surface area contributed by atoms with Crippen LogP contribution in [0.25, 0.3) is 6.08 Å². The molecule has 0 saturated heterocycles. The van der Waals surface area contributed by atoms with E-state index in [1.165, 1.54) is 6.08 Å². The molecule has 5 heteroatoms. The summed E-state index contributed by atoms with van der Waals surface area (Å²) >= 11 is 3.36. The number of methoxy groups -OCH3 is 3. The van der Waals surface area contributed by atoms with Crippen LogP contribution < -0.4 is 14.2 Å². The standard InChI is InChI=1S/C18H17BrO4/c1-21-16-11-18(23-3)17(22-2)10-13(16)7-8-15(20)12-5-4-6-14(19)9-12/h4-11H,1-3H3/b8-7+. The summed E-state index contributed by atoms with van der Waals surface area (Å²) in [6, 6.07) is 10.7. The van der Waals surface area contributed by atoms with E-state index in [0.717, 1.165) is 10.0 Å². The van der Waals surface area contributed by atoms with Crippen molar-refractivity contribution in [1.82, 2.24) is 0 Å². The molecule has 0 atom stereocenters. The normalized spacial score (nSPS) is 10.6. The van der Waals surface area contributed by atoms with Gasteiger partial charge in [0.25, 0.3) is 0 Å². The highest BCUT2D eigenvalue weighted by molar-refractivity contribution is 9.10. The highest BCUT2D eigenvalue weighted by Gasteiger charge is 2.10. The summed E-state index contributed by atoms with van der Waals surface area (Å²) in [5, 5.41) is 0. The van der Waals surface area contributed by atoms with Crippen molar-refractivity contribution in [2.75, 3.05) is 21.3 Å². The zero-order valence-electron chi connectivity index (χ0n) is 13.1. The lowest BCUT2D eigenvalue weighted by molar-refractivity contribution is 0.104. The Kier molecular flexibility index (Phi) is 5.82. The SMILES string of the molecule is COc1cc(OC)c(OC)cc1/C=C/C(=O)c1cccc(Br)c1. The fourth-order valence-electron chi connectivity index (χ4n) is 2.09. The van der Waals surface area contributed by atoms with Gasteiger partial charge in [-0.1, -0.05) is 28.1 Å². The molecule has 0 aliphatic carbocycles. The maximum Gasteiger partial charge on any atom is 0.185 e. The van der Waals surface area contributed by atoms with E-state index in [-0.39, 0.29) is 5.78 Å². The summed E-state index contributed by atoms with van der Waals surface area (Å²) in [5.74, 6) is 1.65. The van der Waals surface area contributed by atoms with E-state index in [9.17, 15) is 4.79 Å². The molecule has 0 heterocycles. The molecule has 2 aromatic carbocycles. The summed E-state index contributed by atoms with van der Waals surface area (Å²) in [5.41, 5.74) is 1.34. The minimum absolute atomic E-state index is 0.0943. The number of rotatable bonds is 6. The Labute approximate surface area is 143 Å². The second-order valence-electron chi connectivity index (χ2n) is 4.66. The van der Waals surface area contributed by atoms with Gasteiger partial charge in [0.05, 0.1) is 21.3 Å². The molecule has 0 unspecified atom stereocenters. The van der Waals surface area contributed by atoms with Gasteiger partial charge >= 0.3 is 0 Å². The van der Waals surface area contributed by atoms with Crippen molar-refractivity contribution in [2.45, 2.75) is 0 Å². The Hall–Kier alpha value is -2.27. The lowest BCUT2D eigenvalue weighted by Gasteiger charge is -2.12. The van der Waals surface area contributed by atoms with Crippen molar-refractivity contribution in [1.29, 1.82) is 0 Å². The second kappa shape index (κ2) is 7.83. The molecule has 0 aliphatic heterocycles. The maximum absolute atomic E-state index is 12.2. The number of ketones is 1. The molecule has 0 fully saturated rings. The third kappa shape index (κ3) is 4.13. The molecular formula is C18H17BrO4. The first-order valence-corrected chi connectivity index (χ1v) is 7.66. The van der Waals surface area contributed by atoms with E-state index in [1.54, 1.807) is 51.7 Å². The topological polar surface area (TPSA) is 44.8 Å². The molecular weight excluding hydrogens is 360 g/mol. The van der Waals surface area contributed by atoms with Gasteiger partial charge in [0.1, 0.15) is 5.75 Å². The predicted molar refractivity (Wildman–Crippen MR) is 93.6 cm³/mol. The molecule has 0 saturated carbocycles. The molecule has 0 bridgehead atoms. The van der Waals surface area contributed by atoms with Gasteiger partial charge in [0.2, 0.25) is 0 Å². The first-order chi connectivity index (χ1) is 11.1. The molecule has 2 rings (SSSR count). The van der Waals surface area contributed by atoms with Crippen LogP contribution >= 0.6 is 15.9 Å². The average molecular weight is 377 g/mol. The van der Waals surface area contributed by atoms with Crippen LogP contribution in [0.5, 0.6) is 17.2 Å². The molecule has 0 N–H and O–H groups in total. The number of benzene rings is 2. The number of ether oxygens (including phenoxy) is 3. The van der Waals surface area contributed by atoms with E-state index in [2.05, 4.69) is 15.9 Å². The van der Waals surface area contributed by atoms with Gasteiger partial charge < -0.3 is 14.2 Å². The van der Waals surface area contributed by atoms with Gasteiger partial charge in [-0.25, -0.2) is 0 Å². The number of hydrogen-bond donors (Lipinski definition) is 0. The van der Waals surface area contributed by atoms with Crippen molar-refractivity contribution in [3.05, 3.63) is 58.1 Å². The fraction of sp³-hybridized carbons (Fsp3) is 0.167. The van der Waals surface area contributed by atoms with Gasteiger partial charge in [-0.2, -0.15) is 0 Å². The maximum atomic E-state index is 12.2. The molecule has 0 radical (unpaired) electrons. The van der Waals surface area contributed by atoms with Crippen LogP contribution in [-0.4, -0.2) is 27.1 Å². The molecule has 4 nitrogen and oxygen atoms in total.